The molecule has 1 fully saturated rings. The molecule has 4 heteroatoms. The quantitative estimate of drug-likeness (QED) is 0.644. The van der Waals surface area contributed by atoms with E-state index in [0.717, 1.165) is 5.56 Å². The van der Waals surface area contributed by atoms with E-state index in [1.54, 1.807) is 48.5 Å². The molecule has 0 spiro atoms. The normalized spacial score (nSPS) is 21.5. The first-order chi connectivity index (χ1) is 11.6. The number of rotatable bonds is 3. The second-order valence-corrected chi connectivity index (χ2v) is 5.55. The van der Waals surface area contributed by atoms with Crippen molar-refractivity contribution in [3.8, 4) is 0 Å². The Bertz CT molecular complexity index is 806. The van der Waals surface area contributed by atoms with E-state index in [0.29, 0.717) is 5.56 Å². The van der Waals surface area contributed by atoms with E-state index in [2.05, 4.69) is 0 Å². The fourth-order valence-electron chi connectivity index (χ4n) is 2.72. The van der Waals surface area contributed by atoms with E-state index in [4.69, 9.17) is 0 Å². The summed E-state index contributed by atoms with van der Waals surface area (Å²) >= 11 is 0. The van der Waals surface area contributed by atoms with E-state index in [-0.39, 0.29) is 0 Å². The molecule has 0 heterocycles. The van der Waals surface area contributed by atoms with Crippen LogP contribution in [-0.4, -0.2) is 23.1 Å². The molecule has 24 heavy (non-hydrogen) atoms. The van der Waals surface area contributed by atoms with E-state index in [1.165, 1.54) is 6.08 Å². The molecule has 4 nitrogen and oxygen atoms in total. The van der Waals surface area contributed by atoms with Gasteiger partial charge in [0, 0.05) is 0 Å². The molecular formula is C20H14O4. The molecule has 1 saturated carbocycles. The van der Waals surface area contributed by atoms with Gasteiger partial charge in [0.05, 0.1) is 0 Å². The summed E-state index contributed by atoms with van der Waals surface area (Å²) in [6, 6.07) is 17.2. The Balaban J connectivity index is 1.90. The minimum atomic E-state index is -1.33. The summed E-state index contributed by atoms with van der Waals surface area (Å²) < 4.78 is 0. The maximum atomic E-state index is 12.3. The van der Waals surface area contributed by atoms with Crippen molar-refractivity contribution in [1.82, 2.24) is 0 Å². The largest absolute Gasteiger partial charge is 0.290 e. The number of Topliss-reactive ketones (excluding diaryl/α,β-unsaturated/α-hetero) is 4. The molecule has 0 aliphatic heterocycles. The molecular weight excluding hydrogens is 304 g/mol. The van der Waals surface area contributed by atoms with Gasteiger partial charge < -0.3 is 0 Å². The Morgan fingerprint density at radius 1 is 0.625 bits per heavy atom. The Morgan fingerprint density at radius 2 is 1.12 bits per heavy atom. The van der Waals surface area contributed by atoms with E-state index < -0.39 is 35.0 Å². The second-order valence-electron chi connectivity index (χ2n) is 5.55. The summed E-state index contributed by atoms with van der Waals surface area (Å²) in [5.74, 6) is -5.96. The molecule has 0 amide bonds. The first kappa shape index (κ1) is 15.7. The molecule has 118 valence electrons. The Labute approximate surface area is 138 Å². The van der Waals surface area contributed by atoms with E-state index in [9.17, 15) is 19.2 Å². The molecule has 0 aromatic heterocycles. The van der Waals surface area contributed by atoms with Crippen LogP contribution in [0.2, 0.25) is 0 Å². The molecule has 1 aliphatic rings. The van der Waals surface area contributed by atoms with Crippen molar-refractivity contribution < 1.29 is 19.2 Å². The predicted octanol–water partition coefficient (Wildman–Crippen LogP) is 2.39. The van der Waals surface area contributed by atoms with Gasteiger partial charge in [-0.05, 0) is 11.1 Å². The molecule has 0 N–H and O–H groups in total. The highest BCUT2D eigenvalue weighted by Gasteiger charge is 2.48. The Kier molecular flexibility index (Phi) is 4.29. The third-order valence-electron chi connectivity index (χ3n) is 3.99. The minimum absolute atomic E-state index is 0.375. The average Bonchev–Trinajstić information content (AvgIpc) is 2.62. The summed E-state index contributed by atoms with van der Waals surface area (Å²) in [6.07, 6.45) is 2.90. The summed E-state index contributed by atoms with van der Waals surface area (Å²) in [6.45, 7) is 0. The van der Waals surface area contributed by atoms with Crippen molar-refractivity contribution in [2.45, 2.75) is 5.92 Å². The van der Waals surface area contributed by atoms with Crippen LogP contribution in [0.3, 0.4) is 0 Å². The van der Waals surface area contributed by atoms with Gasteiger partial charge in [-0.2, -0.15) is 0 Å². The topological polar surface area (TPSA) is 68.3 Å². The van der Waals surface area contributed by atoms with Gasteiger partial charge in [0.1, 0.15) is 11.8 Å². The fourth-order valence-corrected chi connectivity index (χ4v) is 2.72. The number of benzene rings is 2. The molecule has 0 radical (unpaired) electrons. The number of carbonyl (C=O) groups excluding carboxylic acids is 4. The number of allylic oxidation sites excluding steroid dienone is 1. The zero-order valence-corrected chi connectivity index (χ0v) is 12.7. The maximum Gasteiger partial charge on any atom is 0.214 e. The van der Waals surface area contributed by atoms with Crippen molar-refractivity contribution >= 4 is 29.2 Å². The van der Waals surface area contributed by atoms with Gasteiger partial charge in [0.25, 0.3) is 0 Å². The molecule has 3 rings (SSSR count). The van der Waals surface area contributed by atoms with Crippen LogP contribution in [0.1, 0.15) is 17.0 Å². The molecule has 2 aromatic rings. The van der Waals surface area contributed by atoms with Crippen LogP contribution in [0.4, 0.5) is 0 Å². The van der Waals surface area contributed by atoms with Gasteiger partial charge in [0.2, 0.25) is 23.1 Å². The Hall–Kier alpha value is -3.14. The lowest BCUT2D eigenvalue weighted by Gasteiger charge is -2.22. The zero-order chi connectivity index (χ0) is 17.1. The molecule has 0 atom stereocenters. The van der Waals surface area contributed by atoms with Gasteiger partial charge >= 0.3 is 0 Å². The molecule has 1 aliphatic carbocycles. The van der Waals surface area contributed by atoms with E-state index in [1.807, 2.05) is 18.2 Å². The van der Waals surface area contributed by atoms with Crippen LogP contribution >= 0.6 is 0 Å². The first-order valence-corrected chi connectivity index (χ1v) is 7.54. The van der Waals surface area contributed by atoms with Gasteiger partial charge in [-0.3, -0.25) is 19.2 Å². The van der Waals surface area contributed by atoms with Gasteiger partial charge in [-0.25, -0.2) is 0 Å². The highest BCUT2D eigenvalue weighted by molar-refractivity contribution is 6.62. The monoisotopic (exact) mass is 318 g/mol. The summed E-state index contributed by atoms with van der Waals surface area (Å²) in [5, 5.41) is 0. The highest BCUT2D eigenvalue weighted by Crippen LogP contribution is 2.27. The first-order valence-electron chi connectivity index (χ1n) is 7.54. The fraction of sp³-hybridized carbons (Fsp3) is 0.100. The highest BCUT2D eigenvalue weighted by atomic mass is 16.2. The summed E-state index contributed by atoms with van der Waals surface area (Å²) in [4.78, 5) is 49.3. The van der Waals surface area contributed by atoms with Crippen molar-refractivity contribution in [2.75, 3.05) is 0 Å². The molecule has 0 unspecified atom stereocenters. The number of hydrogen-bond donors (Lipinski definition) is 0. The standard InChI is InChI=1S/C20H14O4/c21-17-15(12-11-13-7-3-1-4-8-13)18(22)20(24)16(19(17)23)14-9-5-2-6-10-14/h1-12,15-16H. The van der Waals surface area contributed by atoms with Crippen molar-refractivity contribution in [3.63, 3.8) is 0 Å². The van der Waals surface area contributed by atoms with Crippen LogP contribution in [-0.2, 0) is 19.2 Å². The van der Waals surface area contributed by atoms with Crippen LogP contribution < -0.4 is 0 Å². The average molecular weight is 318 g/mol. The van der Waals surface area contributed by atoms with Crippen LogP contribution in [0.15, 0.2) is 66.7 Å². The lowest BCUT2D eigenvalue weighted by molar-refractivity contribution is -0.151. The minimum Gasteiger partial charge on any atom is -0.290 e. The van der Waals surface area contributed by atoms with Crippen molar-refractivity contribution in [2.24, 2.45) is 5.92 Å². The zero-order valence-electron chi connectivity index (χ0n) is 12.7. The van der Waals surface area contributed by atoms with Gasteiger partial charge in [-0.1, -0.05) is 72.8 Å². The SMILES string of the molecule is O=C1C(=O)C(c2ccccc2)C(=O)C(=O)C1C=Cc1ccccc1. The van der Waals surface area contributed by atoms with Crippen LogP contribution in [0.25, 0.3) is 6.08 Å². The lowest BCUT2D eigenvalue weighted by atomic mass is 9.75. The maximum absolute atomic E-state index is 12.3. The van der Waals surface area contributed by atoms with Crippen LogP contribution in [0, 0.1) is 5.92 Å². The third-order valence-corrected chi connectivity index (χ3v) is 3.99. The van der Waals surface area contributed by atoms with Gasteiger partial charge in [-0.15, -0.1) is 0 Å². The smallest absolute Gasteiger partial charge is 0.214 e. The summed E-state index contributed by atoms with van der Waals surface area (Å²) in [5.41, 5.74) is 1.16. The molecule has 0 bridgehead atoms. The van der Waals surface area contributed by atoms with Crippen molar-refractivity contribution in [1.29, 1.82) is 0 Å². The van der Waals surface area contributed by atoms with Crippen molar-refractivity contribution in [3.05, 3.63) is 77.9 Å². The second kappa shape index (κ2) is 6.54. The number of hydrogen-bond acceptors (Lipinski definition) is 4. The predicted molar refractivity (Wildman–Crippen MR) is 88.2 cm³/mol. The Morgan fingerprint density at radius 3 is 1.67 bits per heavy atom. The third kappa shape index (κ3) is 2.86. The van der Waals surface area contributed by atoms with Crippen LogP contribution in [0.5, 0.6) is 0 Å². The number of carbonyl (C=O) groups is 4. The number of ketones is 4. The summed E-state index contributed by atoms with van der Waals surface area (Å²) in [7, 11) is 0. The van der Waals surface area contributed by atoms with E-state index >= 15 is 0 Å². The molecule has 0 saturated heterocycles. The van der Waals surface area contributed by atoms with Gasteiger partial charge in [0.15, 0.2) is 0 Å². The molecule has 2 aromatic carbocycles. The lowest BCUT2D eigenvalue weighted by Crippen LogP contribution is -2.46.